The van der Waals surface area contributed by atoms with Gasteiger partial charge in [-0.1, -0.05) is 18.2 Å². The predicted octanol–water partition coefficient (Wildman–Crippen LogP) is 3.40. The minimum Gasteiger partial charge on any atom is -0.427 e. The molecular weight excluding hydrogens is 515 g/mol. The number of carbonyl (C=O) groups is 4. The Kier molecular flexibility index (Phi) is 5.20. The number of amides is 3. The number of hydrogen-bond acceptors (Lipinski definition) is 6. The second-order valence-corrected chi connectivity index (χ2v) is 10.4. The SMILES string of the molecule is CC(=O)Oc1ccc(N2C(=O)[C@H]3[C@@H](C2=O)[C@]2(N[C@@H]3Cc3c[nH]c4ccccc34)C(=O)Nc3ccc(F)cc32)cc1. The molecule has 0 bridgehead atoms. The number of carbonyl (C=O) groups excluding carboxylic acids is 4. The number of para-hydroxylation sites is 1. The van der Waals surface area contributed by atoms with Crippen molar-refractivity contribution in [2.75, 3.05) is 10.2 Å². The maximum absolute atomic E-state index is 14.5. The van der Waals surface area contributed by atoms with E-state index in [9.17, 15) is 23.6 Å². The summed E-state index contributed by atoms with van der Waals surface area (Å²) in [6.45, 7) is 1.27. The van der Waals surface area contributed by atoms with Crippen LogP contribution in [-0.4, -0.2) is 34.7 Å². The van der Waals surface area contributed by atoms with Crippen molar-refractivity contribution in [1.29, 1.82) is 0 Å². The number of hydrogen-bond donors (Lipinski definition) is 3. The Hall–Kier alpha value is -4.83. The third kappa shape index (κ3) is 3.35. The summed E-state index contributed by atoms with van der Waals surface area (Å²) in [7, 11) is 0. The minimum atomic E-state index is -1.63. The number of benzene rings is 3. The fourth-order valence-electron chi connectivity index (χ4n) is 6.57. The van der Waals surface area contributed by atoms with Gasteiger partial charge in [0.25, 0.3) is 0 Å². The zero-order chi connectivity index (χ0) is 27.8. The van der Waals surface area contributed by atoms with E-state index >= 15 is 0 Å². The van der Waals surface area contributed by atoms with Gasteiger partial charge < -0.3 is 15.0 Å². The summed E-state index contributed by atoms with van der Waals surface area (Å²) in [5.41, 5.74) is 1.22. The summed E-state index contributed by atoms with van der Waals surface area (Å²) >= 11 is 0. The zero-order valence-electron chi connectivity index (χ0n) is 21.2. The lowest BCUT2D eigenvalue weighted by molar-refractivity contribution is -0.132. The van der Waals surface area contributed by atoms with Gasteiger partial charge in [-0.05, 0) is 60.5 Å². The van der Waals surface area contributed by atoms with Gasteiger partial charge in [-0.15, -0.1) is 0 Å². The van der Waals surface area contributed by atoms with Crippen LogP contribution in [0.15, 0.2) is 72.9 Å². The second kappa shape index (κ2) is 8.59. The Bertz CT molecular complexity index is 1750. The van der Waals surface area contributed by atoms with Crippen molar-refractivity contribution >= 4 is 46.0 Å². The van der Waals surface area contributed by atoms with Crippen molar-refractivity contribution in [2.24, 2.45) is 11.8 Å². The molecule has 3 aromatic carbocycles. The predicted molar refractivity (Wildman–Crippen MR) is 143 cm³/mol. The number of aromatic amines is 1. The summed E-state index contributed by atoms with van der Waals surface area (Å²) in [6, 6.07) is 17.1. The number of imide groups is 1. The van der Waals surface area contributed by atoms with Crippen LogP contribution in [0.25, 0.3) is 10.9 Å². The highest BCUT2D eigenvalue weighted by molar-refractivity contribution is 6.25. The minimum absolute atomic E-state index is 0.269. The van der Waals surface area contributed by atoms with Crippen molar-refractivity contribution in [3.63, 3.8) is 0 Å². The van der Waals surface area contributed by atoms with E-state index in [1.807, 2.05) is 30.5 Å². The largest absolute Gasteiger partial charge is 0.427 e. The van der Waals surface area contributed by atoms with Gasteiger partial charge in [0.1, 0.15) is 17.1 Å². The molecule has 1 spiro atoms. The molecule has 0 unspecified atom stereocenters. The molecule has 4 heterocycles. The molecule has 4 aromatic rings. The van der Waals surface area contributed by atoms with Crippen molar-refractivity contribution < 1.29 is 28.3 Å². The van der Waals surface area contributed by atoms with Crippen molar-refractivity contribution in [2.45, 2.75) is 24.9 Å². The summed E-state index contributed by atoms with van der Waals surface area (Å²) < 4.78 is 19.6. The fraction of sp³-hybridized carbons (Fsp3) is 0.200. The van der Waals surface area contributed by atoms with Crippen LogP contribution >= 0.6 is 0 Å². The van der Waals surface area contributed by atoms with Gasteiger partial charge in [0.2, 0.25) is 17.7 Å². The maximum Gasteiger partial charge on any atom is 0.308 e. The van der Waals surface area contributed by atoms with Crippen LogP contribution in [0, 0.1) is 17.7 Å². The van der Waals surface area contributed by atoms with E-state index in [4.69, 9.17) is 4.74 Å². The average Bonchev–Trinajstić information content (AvgIpc) is 3.64. The van der Waals surface area contributed by atoms with Crippen LogP contribution in [0.5, 0.6) is 5.75 Å². The quantitative estimate of drug-likeness (QED) is 0.208. The maximum atomic E-state index is 14.5. The van der Waals surface area contributed by atoms with Gasteiger partial charge in [-0.25, -0.2) is 9.29 Å². The van der Waals surface area contributed by atoms with Crippen LogP contribution in [0.4, 0.5) is 15.8 Å². The summed E-state index contributed by atoms with van der Waals surface area (Å²) in [5.74, 6) is -4.30. The molecule has 7 rings (SSSR count). The fourth-order valence-corrected chi connectivity index (χ4v) is 6.57. The van der Waals surface area contributed by atoms with Gasteiger partial charge in [0, 0.05) is 41.3 Å². The monoisotopic (exact) mass is 538 g/mol. The van der Waals surface area contributed by atoms with Crippen LogP contribution in [0.1, 0.15) is 18.1 Å². The van der Waals surface area contributed by atoms with E-state index in [2.05, 4.69) is 15.6 Å². The lowest BCUT2D eigenvalue weighted by atomic mass is 9.76. The number of anilines is 2. The van der Waals surface area contributed by atoms with E-state index in [-0.39, 0.29) is 5.75 Å². The van der Waals surface area contributed by atoms with Gasteiger partial charge in [-0.3, -0.25) is 24.5 Å². The Balaban J connectivity index is 1.34. The molecule has 2 fully saturated rings. The smallest absolute Gasteiger partial charge is 0.308 e. The first-order chi connectivity index (χ1) is 19.3. The molecule has 0 saturated carbocycles. The number of esters is 1. The second-order valence-electron chi connectivity index (χ2n) is 10.4. The highest BCUT2D eigenvalue weighted by Gasteiger charge is 2.70. The van der Waals surface area contributed by atoms with Crippen LogP contribution in [0.2, 0.25) is 0 Å². The number of rotatable bonds is 4. The molecule has 0 aliphatic carbocycles. The van der Waals surface area contributed by atoms with Gasteiger partial charge in [0.15, 0.2) is 0 Å². The summed E-state index contributed by atoms with van der Waals surface area (Å²) in [5, 5.41) is 7.11. The zero-order valence-corrected chi connectivity index (χ0v) is 21.2. The number of nitrogens with one attached hydrogen (secondary N) is 3. The molecule has 3 aliphatic rings. The van der Waals surface area contributed by atoms with Crippen LogP contribution < -0.4 is 20.3 Å². The molecule has 200 valence electrons. The molecule has 40 heavy (non-hydrogen) atoms. The highest BCUT2D eigenvalue weighted by atomic mass is 19.1. The lowest BCUT2D eigenvalue weighted by Gasteiger charge is -2.29. The molecular formula is C30H23FN4O5. The van der Waals surface area contributed by atoms with Crippen molar-refractivity contribution in [3.8, 4) is 5.75 Å². The lowest BCUT2D eigenvalue weighted by Crippen LogP contribution is -2.53. The average molecular weight is 539 g/mol. The molecule has 4 atom stereocenters. The van der Waals surface area contributed by atoms with Crippen molar-refractivity contribution in [3.05, 3.63) is 89.9 Å². The van der Waals surface area contributed by atoms with Crippen LogP contribution in [-0.2, 0) is 31.1 Å². The normalized spacial score (nSPS) is 25.0. The van der Waals surface area contributed by atoms with E-state index in [1.165, 1.54) is 49.4 Å². The molecule has 3 amide bonds. The molecule has 0 radical (unpaired) electrons. The Morgan fingerprint density at radius 1 is 1.02 bits per heavy atom. The molecule has 10 heteroatoms. The molecule has 1 aromatic heterocycles. The molecule has 3 aliphatic heterocycles. The molecule has 2 saturated heterocycles. The number of H-pyrrole nitrogens is 1. The summed E-state index contributed by atoms with van der Waals surface area (Å²) in [4.78, 5) is 57.5. The number of halogens is 1. The van der Waals surface area contributed by atoms with Crippen LogP contribution in [0.3, 0.4) is 0 Å². The first-order valence-corrected chi connectivity index (χ1v) is 12.9. The van der Waals surface area contributed by atoms with E-state index in [1.54, 1.807) is 0 Å². The number of nitrogens with zero attached hydrogens (tertiary/aromatic N) is 1. The third-order valence-corrected chi connectivity index (χ3v) is 8.15. The van der Waals surface area contributed by atoms with E-state index in [0.717, 1.165) is 21.4 Å². The van der Waals surface area contributed by atoms with Gasteiger partial charge in [-0.2, -0.15) is 0 Å². The third-order valence-electron chi connectivity index (χ3n) is 8.15. The first-order valence-electron chi connectivity index (χ1n) is 12.9. The topological polar surface area (TPSA) is 121 Å². The van der Waals surface area contributed by atoms with Crippen molar-refractivity contribution in [1.82, 2.24) is 10.3 Å². The first kappa shape index (κ1) is 24.2. The van der Waals surface area contributed by atoms with E-state index in [0.29, 0.717) is 23.4 Å². The molecule has 9 nitrogen and oxygen atoms in total. The standard InChI is InChI=1S/C30H23FN4O5/c1-15(36)40-19-9-7-18(8-10-19)35-27(37)25-24(12-16-14-32-22-5-3-2-4-20(16)22)34-30(26(25)28(35)38)21-13-17(31)6-11-23(21)33-29(30)39/h2-11,13-14,24-26,32,34H,12H2,1H3,(H,33,39)/t24-,25-,26+,30+/m1/s1. The Labute approximate surface area is 227 Å². The number of fused-ring (bicyclic) bond motifs is 5. The Morgan fingerprint density at radius 2 is 1.80 bits per heavy atom. The highest BCUT2D eigenvalue weighted by Crippen LogP contribution is 2.54. The number of ether oxygens (including phenoxy) is 1. The van der Waals surface area contributed by atoms with Gasteiger partial charge in [0.05, 0.1) is 17.5 Å². The van der Waals surface area contributed by atoms with Gasteiger partial charge >= 0.3 is 5.97 Å². The summed E-state index contributed by atoms with van der Waals surface area (Å²) in [6.07, 6.45) is 2.21. The molecule has 3 N–H and O–H groups in total. The number of aromatic nitrogens is 1. The van der Waals surface area contributed by atoms with E-state index < -0.39 is 52.9 Å². The Morgan fingerprint density at radius 3 is 2.58 bits per heavy atom.